The first-order valence-corrected chi connectivity index (χ1v) is 21.6. The number of carbonyl (C=O) groups is 1. The Labute approximate surface area is 286 Å². The molecule has 254 valence electrons. The number of carbonyl (C=O) groups excluding carboxylic acids is 1. The van der Waals surface area contributed by atoms with Crippen molar-refractivity contribution in [1.82, 2.24) is 24.4 Å². The number of anilines is 1. The molecule has 2 bridgehead atoms. The first-order chi connectivity index (χ1) is 22.1. The molecule has 2 atom stereocenters. The number of hydrogen-bond donors (Lipinski definition) is 1. The second kappa shape index (κ2) is 12.8. The van der Waals surface area contributed by atoms with Gasteiger partial charge in [-0.3, -0.25) is 9.36 Å². The second-order valence-corrected chi connectivity index (χ2v) is 22.3. The topological polar surface area (TPSA) is 104 Å². The Morgan fingerprint density at radius 2 is 1.83 bits per heavy atom. The lowest BCUT2D eigenvalue weighted by Crippen LogP contribution is -2.52. The minimum Gasteiger partial charge on any atom is -0.444 e. The number of halogens is 1. The molecule has 6 rings (SSSR count). The van der Waals surface area contributed by atoms with Gasteiger partial charge in [-0.1, -0.05) is 44.2 Å². The Hall–Kier alpha value is -2.93. The van der Waals surface area contributed by atoms with Crippen LogP contribution in [0, 0.1) is 0 Å². The van der Waals surface area contributed by atoms with E-state index in [1.807, 2.05) is 50.7 Å². The van der Waals surface area contributed by atoms with E-state index >= 15 is 0 Å². The summed E-state index contributed by atoms with van der Waals surface area (Å²) < 4.78 is 16.3. The molecule has 47 heavy (non-hydrogen) atoms. The van der Waals surface area contributed by atoms with E-state index in [0.29, 0.717) is 28.6 Å². The molecule has 1 N–H and O–H groups in total. The molecule has 0 aliphatic carbocycles. The first-order valence-electron chi connectivity index (χ1n) is 16.7. The molecule has 5 heterocycles. The van der Waals surface area contributed by atoms with Gasteiger partial charge < -0.3 is 24.3 Å². The summed E-state index contributed by atoms with van der Waals surface area (Å²) in [6.45, 7) is 15.6. The molecule has 1 amide bonds. The average molecular weight is 699 g/mol. The molecule has 4 aromatic rings. The average Bonchev–Trinajstić information content (AvgIpc) is 3.64. The van der Waals surface area contributed by atoms with Crippen LogP contribution >= 0.6 is 22.9 Å². The summed E-state index contributed by atoms with van der Waals surface area (Å²) in [4.78, 5) is 39.2. The molecule has 2 aliphatic rings. The van der Waals surface area contributed by atoms with E-state index in [-0.39, 0.29) is 36.5 Å². The number of thiazole rings is 1. The van der Waals surface area contributed by atoms with Crippen LogP contribution in [0.4, 0.5) is 10.7 Å². The number of fused-ring (bicyclic) bond motifs is 4. The van der Waals surface area contributed by atoms with Crippen LogP contribution in [0.1, 0.15) is 58.4 Å². The third kappa shape index (κ3) is 6.97. The van der Waals surface area contributed by atoms with E-state index < -0.39 is 13.7 Å². The lowest BCUT2D eigenvalue weighted by Gasteiger charge is -2.40. The van der Waals surface area contributed by atoms with Gasteiger partial charge in [-0.05, 0) is 65.0 Å². The Morgan fingerprint density at radius 3 is 2.47 bits per heavy atom. The number of benzene rings is 1. The summed E-state index contributed by atoms with van der Waals surface area (Å²) in [5, 5.41) is 5.24. The van der Waals surface area contributed by atoms with Crippen LogP contribution in [0.25, 0.3) is 32.4 Å². The van der Waals surface area contributed by atoms with Crippen LogP contribution in [0.5, 0.6) is 0 Å². The third-order valence-electron chi connectivity index (χ3n) is 9.12. The third-order valence-corrected chi connectivity index (χ3v) is 12.6. The van der Waals surface area contributed by atoms with Crippen molar-refractivity contribution in [2.45, 2.75) is 116 Å². The van der Waals surface area contributed by atoms with Crippen molar-refractivity contribution in [3.8, 4) is 11.1 Å². The van der Waals surface area contributed by atoms with Gasteiger partial charge in [-0.15, -0.1) is 11.3 Å². The molecule has 3 aromatic heterocycles. The zero-order valence-corrected chi connectivity index (χ0v) is 31.3. The number of nitrogens with zero attached hydrogens (tertiary/aromatic N) is 5. The number of hydrogen-bond acceptors (Lipinski definition) is 8. The van der Waals surface area contributed by atoms with Gasteiger partial charge in [0.1, 0.15) is 12.3 Å². The monoisotopic (exact) mass is 698 g/mol. The molecule has 2 aliphatic heterocycles. The summed E-state index contributed by atoms with van der Waals surface area (Å²) in [6, 6.07) is 5.30. The van der Waals surface area contributed by atoms with Gasteiger partial charge >= 0.3 is 6.09 Å². The van der Waals surface area contributed by atoms with E-state index in [9.17, 15) is 9.59 Å². The molecular formula is C34H47ClN6O4SSi. The highest BCUT2D eigenvalue weighted by Gasteiger charge is 2.43. The molecule has 1 aromatic carbocycles. The first kappa shape index (κ1) is 33.9. The number of piperidine rings is 1. The molecule has 0 saturated carbocycles. The minimum absolute atomic E-state index is 0.00612. The maximum Gasteiger partial charge on any atom is 0.407 e. The van der Waals surface area contributed by atoms with Gasteiger partial charge in [0, 0.05) is 57.2 Å². The SMILES string of the molecule is CCc1nc2ccc(-c3cn(COCC[Si](C)(C)C)c4nc(N5C6CCC5CC(NC(=O)OC(C)(C)C)C6)n(C)c(=O)c34)c(Cl)c2s1. The Morgan fingerprint density at radius 1 is 1.13 bits per heavy atom. The highest BCUT2D eigenvalue weighted by Crippen LogP contribution is 2.42. The summed E-state index contributed by atoms with van der Waals surface area (Å²) in [7, 11) is 0.525. The number of nitrogens with one attached hydrogen (secondary N) is 1. The maximum atomic E-state index is 14.4. The molecule has 0 radical (unpaired) electrons. The number of ether oxygens (including phenoxy) is 2. The molecular weight excluding hydrogens is 652 g/mol. The highest BCUT2D eigenvalue weighted by molar-refractivity contribution is 7.19. The van der Waals surface area contributed by atoms with E-state index in [2.05, 4.69) is 36.8 Å². The van der Waals surface area contributed by atoms with Crippen molar-refractivity contribution in [2.24, 2.45) is 7.05 Å². The Balaban J connectivity index is 1.38. The standard InChI is InChI=1S/C34H47ClN6O4SSi/c1-9-26-37-25-13-12-23(28(35)29(25)46-26)24-18-40(19-44-14-15-47(6,7)8)30-27(24)31(42)39(5)32(38-30)41-21-10-11-22(41)17-20(16-21)36-33(43)45-34(2,3)4/h12-13,18,20-22H,9-11,14-17,19H2,1-8H3,(H,36,43). The van der Waals surface area contributed by atoms with Crippen LogP contribution in [0.15, 0.2) is 23.1 Å². The predicted molar refractivity (Wildman–Crippen MR) is 194 cm³/mol. The fraction of sp³-hybridized carbons (Fsp3) is 0.588. The molecule has 2 unspecified atom stereocenters. The van der Waals surface area contributed by atoms with Gasteiger partial charge in [0.05, 0.1) is 25.6 Å². The number of aromatic nitrogens is 4. The largest absolute Gasteiger partial charge is 0.444 e. The number of amides is 1. The fourth-order valence-corrected chi connectivity index (χ4v) is 8.92. The smallest absolute Gasteiger partial charge is 0.407 e. The number of aryl methyl sites for hydroxylation is 1. The Bertz CT molecular complexity index is 1860. The van der Waals surface area contributed by atoms with Gasteiger partial charge in [0.15, 0.2) is 5.65 Å². The number of alkyl carbamates (subject to hydrolysis) is 1. The van der Waals surface area contributed by atoms with Crippen LogP contribution in [-0.2, 0) is 29.7 Å². The van der Waals surface area contributed by atoms with Crippen molar-refractivity contribution < 1.29 is 14.3 Å². The van der Waals surface area contributed by atoms with E-state index in [0.717, 1.165) is 64.5 Å². The van der Waals surface area contributed by atoms with Crippen LogP contribution in [-0.4, -0.2) is 63.6 Å². The fourth-order valence-electron chi connectivity index (χ4n) is 6.84. The van der Waals surface area contributed by atoms with Crippen molar-refractivity contribution in [3.63, 3.8) is 0 Å². The van der Waals surface area contributed by atoms with Crippen molar-refractivity contribution in [1.29, 1.82) is 0 Å². The molecule has 2 fully saturated rings. The normalized spacial score (nSPS) is 20.0. The summed E-state index contributed by atoms with van der Waals surface area (Å²) in [5.74, 6) is 0.648. The summed E-state index contributed by atoms with van der Waals surface area (Å²) in [5.41, 5.74) is 2.32. The molecule has 2 saturated heterocycles. The van der Waals surface area contributed by atoms with Crippen LogP contribution < -0.4 is 15.8 Å². The molecule has 13 heteroatoms. The van der Waals surface area contributed by atoms with Gasteiger partial charge in [-0.2, -0.15) is 4.98 Å². The molecule has 0 spiro atoms. The quantitative estimate of drug-likeness (QED) is 0.142. The van der Waals surface area contributed by atoms with Crippen LogP contribution in [0.3, 0.4) is 0 Å². The maximum absolute atomic E-state index is 14.4. The van der Waals surface area contributed by atoms with Crippen molar-refractivity contribution >= 4 is 64.3 Å². The van der Waals surface area contributed by atoms with E-state index in [4.69, 9.17) is 31.0 Å². The van der Waals surface area contributed by atoms with Gasteiger partial charge in [-0.25, -0.2) is 9.78 Å². The van der Waals surface area contributed by atoms with E-state index in [1.165, 1.54) is 0 Å². The summed E-state index contributed by atoms with van der Waals surface area (Å²) in [6.07, 6.45) is 5.89. The minimum atomic E-state index is -1.28. The van der Waals surface area contributed by atoms with E-state index in [1.54, 1.807) is 15.9 Å². The van der Waals surface area contributed by atoms with Crippen LogP contribution in [0.2, 0.25) is 30.7 Å². The Kier molecular flexibility index (Phi) is 9.27. The molecule has 10 nitrogen and oxygen atoms in total. The summed E-state index contributed by atoms with van der Waals surface area (Å²) >= 11 is 8.66. The van der Waals surface area contributed by atoms with Crippen molar-refractivity contribution in [2.75, 3.05) is 11.5 Å². The van der Waals surface area contributed by atoms with Gasteiger partial charge in [0.25, 0.3) is 5.56 Å². The lowest BCUT2D eigenvalue weighted by molar-refractivity contribution is 0.0492. The zero-order chi connectivity index (χ0) is 33.8. The predicted octanol–water partition coefficient (Wildman–Crippen LogP) is 7.56. The second-order valence-electron chi connectivity index (χ2n) is 15.2. The highest BCUT2D eigenvalue weighted by atomic mass is 35.5. The zero-order valence-electron chi connectivity index (χ0n) is 28.8. The van der Waals surface area contributed by atoms with Gasteiger partial charge in [0.2, 0.25) is 5.95 Å². The lowest BCUT2D eigenvalue weighted by atomic mass is 9.98. The number of rotatable bonds is 9. The van der Waals surface area contributed by atoms with Crippen molar-refractivity contribution in [3.05, 3.63) is 38.7 Å².